The third-order valence-corrected chi connectivity index (χ3v) is 8.09. The molecule has 0 N–H and O–H groups in total. The molecule has 0 amide bonds. The Labute approximate surface area is 260 Å². The second kappa shape index (κ2) is 12.6. The normalized spacial score (nSPS) is 19.1. The van der Waals surface area contributed by atoms with E-state index in [9.17, 15) is 10.2 Å². The molecule has 4 nitrogen and oxygen atoms in total. The summed E-state index contributed by atoms with van der Waals surface area (Å²) in [6, 6.07) is 8.15. The van der Waals surface area contributed by atoms with Crippen molar-refractivity contribution >= 4 is 12.4 Å². The molecule has 1 fully saturated rings. The Balaban J connectivity index is 0.00000588. The standard InChI is InChI=1S/C36H54N2O2.Co/c1-33(2,3)25-17-23(31(39)27(19-25)35(7,8)9)21-37-29-15-13-14-16-30(29)38-22-24-18-26(34(4,5)6)20-28(32(24)40)36(10,11)12;/h17-22,29-30,39-40H,13-16H2,1-12H3;/q;+2/p-2/t29-,30-;/m0./s1. The van der Waals surface area contributed by atoms with Crippen molar-refractivity contribution in [3.63, 3.8) is 0 Å². The van der Waals surface area contributed by atoms with Gasteiger partial charge in [-0.15, -0.1) is 0 Å². The van der Waals surface area contributed by atoms with E-state index in [4.69, 9.17) is 9.98 Å². The number of hydrogen-bond acceptors (Lipinski definition) is 4. The molecule has 227 valence electrons. The fourth-order valence-corrected chi connectivity index (χ4v) is 5.27. The van der Waals surface area contributed by atoms with Crippen LogP contribution in [0.3, 0.4) is 0 Å². The molecular weight excluding hydrogens is 551 g/mol. The first kappa shape index (κ1) is 35.1. The first-order valence-corrected chi connectivity index (χ1v) is 15.0. The predicted octanol–water partition coefficient (Wildman–Crippen LogP) is 7.87. The SMILES string of the molecule is CC(C)(C)c1cc(C=N[C@H]2CCCC[C@@H]2N=Cc2cc(C(C)(C)C)cc(C(C)(C)C)c2[O-])c([O-])c(C(C)(C)C)c1.[Co+2]. The van der Waals surface area contributed by atoms with Crippen LogP contribution in [0.1, 0.15) is 142 Å². The molecule has 5 heteroatoms. The van der Waals surface area contributed by atoms with Gasteiger partial charge in [0.1, 0.15) is 0 Å². The van der Waals surface area contributed by atoms with Crippen molar-refractivity contribution in [1.29, 1.82) is 0 Å². The summed E-state index contributed by atoms with van der Waals surface area (Å²) in [7, 11) is 0. The summed E-state index contributed by atoms with van der Waals surface area (Å²) in [4.78, 5) is 9.95. The fourth-order valence-electron chi connectivity index (χ4n) is 5.27. The van der Waals surface area contributed by atoms with E-state index >= 15 is 0 Å². The number of rotatable bonds is 4. The van der Waals surface area contributed by atoms with Gasteiger partial charge in [0.05, 0.1) is 12.1 Å². The minimum absolute atomic E-state index is 0. The van der Waals surface area contributed by atoms with Crippen LogP contribution in [-0.4, -0.2) is 24.5 Å². The molecule has 1 aliphatic rings. The molecule has 3 rings (SSSR count). The van der Waals surface area contributed by atoms with E-state index < -0.39 is 0 Å². The second-order valence-electron chi connectivity index (χ2n) is 15.9. The quantitative estimate of drug-likeness (QED) is 0.334. The van der Waals surface area contributed by atoms with Crippen LogP contribution in [-0.2, 0) is 38.4 Å². The Bertz CT molecular complexity index is 1170. The van der Waals surface area contributed by atoms with Crippen LogP contribution in [0.15, 0.2) is 34.3 Å². The van der Waals surface area contributed by atoms with E-state index in [0.717, 1.165) is 47.9 Å². The summed E-state index contributed by atoms with van der Waals surface area (Å²) < 4.78 is 0. The maximum Gasteiger partial charge on any atom is 2.00 e. The number of aliphatic imine (C=N–C) groups is 2. The minimum atomic E-state index is -0.248. The average molecular weight is 604 g/mol. The van der Waals surface area contributed by atoms with Gasteiger partial charge in [-0.3, -0.25) is 9.98 Å². The maximum atomic E-state index is 13.5. The molecule has 2 aromatic rings. The van der Waals surface area contributed by atoms with Gasteiger partial charge in [0, 0.05) is 12.4 Å². The molecule has 0 heterocycles. The van der Waals surface area contributed by atoms with Crippen molar-refractivity contribution in [2.24, 2.45) is 9.98 Å². The van der Waals surface area contributed by atoms with Crippen LogP contribution in [0.25, 0.3) is 0 Å². The van der Waals surface area contributed by atoms with Crippen molar-refractivity contribution in [1.82, 2.24) is 0 Å². The van der Waals surface area contributed by atoms with E-state index in [0.29, 0.717) is 11.1 Å². The summed E-state index contributed by atoms with van der Waals surface area (Å²) in [6.45, 7) is 25.6. The topological polar surface area (TPSA) is 70.8 Å². The van der Waals surface area contributed by atoms with Gasteiger partial charge in [0.25, 0.3) is 0 Å². The Kier molecular flexibility index (Phi) is 10.8. The van der Waals surface area contributed by atoms with E-state index in [1.807, 2.05) is 12.1 Å². The van der Waals surface area contributed by atoms with Crippen molar-refractivity contribution < 1.29 is 27.0 Å². The first-order valence-electron chi connectivity index (χ1n) is 15.0. The molecule has 1 aliphatic carbocycles. The third kappa shape index (κ3) is 8.70. The summed E-state index contributed by atoms with van der Waals surface area (Å²) in [5.74, 6) is 0.120. The molecule has 1 saturated carbocycles. The molecule has 41 heavy (non-hydrogen) atoms. The average Bonchev–Trinajstić information content (AvgIpc) is 2.80. The zero-order chi connectivity index (χ0) is 30.3. The molecular formula is C36H52CoN2O2. The van der Waals surface area contributed by atoms with E-state index in [1.54, 1.807) is 12.4 Å². The second-order valence-corrected chi connectivity index (χ2v) is 15.9. The third-order valence-electron chi connectivity index (χ3n) is 8.09. The predicted molar refractivity (Wildman–Crippen MR) is 168 cm³/mol. The molecule has 0 aliphatic heterocycles. The first-order chi connectivity index (χ1) is 18.2. The van der Waals surface area contributed by atoms with Crippen molar-refractivity contribution in [2.75, 3.05) is 0 Å². The minimum Gasteiger partial charge on any atom is -0.872 e. The molecule has 0 spiro atoms. The molecule has 1 radical (unpaired) electrons. The summed E-state index contributed by atoms with van der Waals surface area (Å²) in [5.41, 5.74) is 4.62. The van der Waals surface area contributed by atoms with E-state index in [-0.39, 0.29) is 62.0 Å². The molecule has 0 unspecified atom stereocenters. The van der Waals surface area contributed by atoms with Crippen LogP contribution in [0.5, 0.6) is 11.5 Å². The zero-order valence-electron chi connectivity index (χ0n) is 27.5. The molecule has 0 aromatic heterocycles. The molecule has 2 atom stereocenters. The van der Waals surface area contributed by atoms with Crippen LogP contribution < -0.4 is 10.2 Å². The van der Waals surface area contributed by atoms with Gasteiger partial charge in [-0.25, -0.2) is 0 Å². The van der Waals surface area contributed by atoms with Crippen molar-refractivity contribution in [3.05, 3.63) is 57.6 Å². The van der Waals surface area contributed by atoms with Crippen molar-refractivity contribution in [3.8, 4) is 11.5 Å². The molecule has 2 aromatic carbocycles. The van der Waals surface area contributed by atoms with Crippen LogP contribution in [0.4, 0.5) is 0 Å². The Hall–Kier alpha value is -2.11. The maximum absolute atomic E-state index is 13.5. The summed E-state index contributed by atoms with van der Waals surface area (Å²) in [5, 5.41) is 26.9. The van der Waals surface area contributed by atoms with Gasteiger partial charge in [0.15, 0.2) is 0 Å². The summed E-state index contributed by atoms with van der Waals surface area (Å²) in [6.07, 6.45) is 7.63. The van der Waals surface area contributed by atoms with E-state index in [2.05, 4.69) is 95.2 Å². The summed E-state index contributed by atoms with van der Waals surface area (Å²) >= 11 is 0. The number of benzene rings is 2. The van der Waals surface area contributed by atoms with Gasteiger partial charge in [-0.05, 0) is 67.9 Å². The molecule has 0 saturated heterocycles. The Morgan fingerprint density at radius 2 is 0.878 bits per heavy atom. The van der Waals surface area contributed by atoms with Crippen LogP contribution in [0, 0.1) is 0 Å². The smallest absolute Gasteiger partial charge is 0.872 e. The van der Waals surface area contributed by atoms with Gasteiger partial charge >= 0.3 is 16.8 Å². The Morgan fingerprint density at radius 3 is 1.15 bits per heavy atom. The zero-order valence-corrected chi connectivity index (χ0v) is 28.5. The van der Waals surface area contributed by atoms with Gasteiger partial charge in [-0.1, -0.05) is 132 Å². The van der Waals surface area contributed by atoms with Gasteiger partial charge in [-0.2, -0.15) is 0 Å². The van der Waals surface area contributed by atoms with Crippen LogP contribution >= 0.6 is 0 Å². The van der Waals surface area contributed by atoms with Gasteiger partial charge in [0.2, 0.25) is 0 Å². The largest absolute Gasteiger partial charge is 2.00 e. The Morgan fingerprint density at radius 1 is 0.561 bits per heavy atom. The van der Waals surface area contributed by atoms with Gasteiger partial charge < -0.3 is 10.2 Å². The fraction of sp³-hybridized carbons (Fsp3) is 0.611. The van der Waals surface area contributed by atoms with E-state index in [1.165, 1.54) is 0 Å². The number of nitrogens with zero attached hydrogens (tertiary/aromatic N) is 2. The number of hydrogen-bond donors (Lipinski definition) is 0. The molecule has 0 bridgehead atoms. The monoisotopic (exact) mass is 603 g/mol. The van der Waals surface area contributed by atoms with Crippen molar-refractivity contribution in [2.45, 2.75) is 143 Å². The van der Waals surface area contributed by atoms with Crippen LogP contribution in [0.2, 0.25) is 0 Å².